The Balaban J connectivity index is 0.00000162. The summed E-state index contributed by atoms with van der Waals surface area (Å²) in [4.78, 5) is 16.0. The highest BCUT2D eigenvalue weighted by Gasteiger charge is 2.25. The van der Waals surface area contributed by atoms with Gasteiger partial charge in [-0.1, -0.05) is 6.42 Å². The second-order valence-electron chi connectivity index (χ2n) is 4.72. The Labute approximate surface area is 130 Å². The maximum atomic E-state index is 11.7. The first-order chi connectivity index (χ1) is 8.15. The fraction of sp³-hybridized carbons (Fsp3) is 0.667. The summed E-state index contributed by atoms with van der Waals surface area (Å²) >= 11 is 1.58. The number of nitrogens with one attached hydrogen (secondary N) is 1. The van der Waals surface area contributed by atoms with E-state index in [1.165, 1.54) is 0 Å². The van der Waals surface area contributed by atoms with Gasteiger partial charge in [-0.2, -0.15) is 0 Å². The number of nitrogens with two attached hydrogens (primary N) is 1. The molecule has 0 aliphatic heterocycles. The van der Waals surface area contributed by atoms with Crippen LogP contribution in [0.2, 0.25) is 0 Å². The molecule has 1 heterocycles. The van der Waals surface area contributed by atoms with E-state index in [-0.39, 0.29) is 36.8 Å². The molecule has 0 spiro atoms. The lowest BCUT2D eigenvalue weighted by Gasteiger charge is -2.14. The van der Waals surface area contributed by atoms with Gasteiger partial charge in [0, 0.05) is 23.5 Å². The molecule has 0 saturated heterocycles. The van der Waals surface area contributed by atoms with Gasteiger partial charge < -0.3 is 11.1 Å². The van der Waals surface area contributed by atoms with Gasteiger partial charge in [0.15, 0.2) is 0 Å². The number of carbonyl (C=O) groups excluding carboxylic acids is 1. The van der Waals surface area contributed by atoms with Gasteiger partial charge in [0.1, 0.15) is 5.01 Å². The summed E-state index contributed by atoms with van der Waals surface area (Å²) in [7, 11) is 0. The molecule has 1 saturated carbocycles. The Bertz CT molecular complexity index is 400. The number of aromatic nitrogens is 1. The molecule has 1 amide bonds. The second-order valence-corrected chi connectivity index (χ2v) is 5.66. The molecule has 3 N–H and O–H groups in total. The molecule has 1 aliphatic carbocycles. The molecule has 4 nitrogen and oxygen atoms in total. The molecular weight excluding hydrogens is 305 g/mol. The van der Waals surface area contributed by atoms with Gasteiger partial charge in [-0.25, -0.2) is 4.98 Å². The Morgan fingerprint density at radius 1 is 1.53 bits per heavy atom. The summed E-state index contributed by atoms with van der Waals surface area (Å²) in [5, 5.41) is 5.87. The smallest absolute Gasteiger partial charge is 0.220 e. The number of rotatable bonds is 4. The van der Waals surface area contributed by atoms with Crippen LogP contribution in [0.15, 0.2) is 5.38 Å². The molecule has 0 radical (unpaired) electrons. The van der Waals surface area contributed by atoms with E-state index >= 15 is 0 Å². The Morgan fingerprint density at radius 2 is 2.26 bits per heavy atom. The molecule has 2 atom stereocenters. The van der Waals surface area contributed by atoms with Gasteiger partial charge in [0.25, 0.3) is 0 Å². The van der Waals surface area contributed by atoms with Crippen LogP contribution in [0.25, 0.3) is 0 Å². The van der Waals surface area contributed by atoms with Crippen LogP contribution in [-0.2, 0) is 11.3 Å². The lowest BCUT2D eigenvalue weighted by Crippen LogP contribution is -2.31. The van der Waals surface area contributed by atoms with Crippen LogP contribution in [0.1, 0.15) is 36.4 Å². The van der Waals surface area contributed by atoms with Crippen LogP contribution in [0.3, 0.4) is 0 Å². The average molecular weight is 326 g/mol. The second kappa shape index (κ2) is 8.74. The number of thiazole rings is 1. The van der Waals surface area contributed by atoms with Gasteiger partial charge in [-0.05, 0) is 25.7 Å². The Morgan fingerprint density at radius 3 is 2.79 bits per heavy atom. The minimum absolute atomic E-state index is 0. The van der Waals surface area contributed by atoms with Crippen molar-refractivity contribution in [3.05, 3.63) is 16.1 Å². The number of carbonyl (C=O) groups is 1. The third kappa shape index (κ3) is 5.65. The highest BCUT2D eigenvalue weighted by atomic mass is 35.5. The van der Waals surface area contributed by atoms with Crippen LogP contribution >= 0.6 is 36.2 Å². The first-order valence-corrected chi connectivity index (χ1v) is 6.96. The molecule has 1 aliphatic rings. The molecule has 110 valence electrons. The van der Waals surface area contributed by atoms with E-state index in [1.807, 2.05) is 12.3 Å². The monoisotopic (exact) mass is 325 g/mol. The van der Waals surface area contributed by atoms with Crippen molar-refractivity contribution in [2.45, 2.75) is 45.2 Å². The van der Waals surface area contributed by atoms with Crippen LogP contribution in [0, 0.1) is 12.8 Å². The maximum absolute atomic E-state index is 11.7. The van der Waals surface area contributed by atoms with Crippen molar-refractivity contribution >= 4 is 42.1 Å². The molecule has 1 fully saturated rings. The van der Waals surface area contributed by atoms with Crippen molar-refractivity contribution in [2.75, 3.05) is 0 Å². The Kier molecular flexibility index (Phi) is 8.57. The largest absolute Gasteiger partial charge is 0.350 e. The summed E-state index contributed by atoms with van der Waals surface area (Å²) in [6.45, 7) is 2.50. The maximum Gasteiger partial charge on any atom is 0.220 e. The van der Waals surface area contributed by atoms with Crippen molar-refractivity contribution in [3.63, 3.8) is 0 Å². The van der Waals surface area contributed by atoms with Crippen LogP contribution in [0.4, 0.5) is 0 Å². The standard InChI is InChI=1S/C12H19N3OS.2ClH/c1-8-7-17-12(15-8)6-14-11(16)5-9-3-2-4-10(9)13;;/h7,9-10H,2-6,13H2,1H3,(H,14,16);2*1H/t9-,10+;;/m0../s1. The van der Waals surface area contributed by atoms with E-state index in [4.69, 9.17) is 5.73 Å². The lowest BCUT2D eigenvalue weighted by atomic mass is 10.00. The van der Waals surface area contributed by atoms with Gasteiger partial charge in [0.05, 0.1) is 6.54 Å². The van der Waals surface area contributed by atoms with Crippen molar-refractivity contribution in [2.24, 2.45) is 11.7 Å². The summed E-state index contributed by atoms with van der Waals surface area (Å²) in [5.41, 5.74) is 6.96. The van der Waals surface area contributed by atoms with Gasteiger partial charge in [-0.15, -0.1) is 36.2 Å². The van der Waals surface area contributed by atoms with Crippen LogP contribution in [0.5, 0.6) is 0 Å². The minimum atomic E-state index is 0. The van der Waals surface area contributed by atoms with Crippen molar-refractivity contribution in [1.82, 2.24) is 10.3 Å². The highest BCUT2D eigenvalue weighted by molar-refractivity contribution is 7.09. The third-order valence-electron chi connectivity index (χ3n) is 3.27. The zero-order chi connectivity index (χ0) is 12.3. The van der Waals surface area contributed by atoms with Crippen molar-refractivity contribution in [1.29, 1.82) is 0 Å². The highest BCUT2D eigenvalue weighted by Crippen LogP contribution is 2.26. The molecule has 1 aromatic heterocycles. The number of halogens is 2. The fourth-order valence-electron chi connectivity index (χ4n) is 2.29. The van der Waals surface area contributed by atoms with Crippen molar-refractivity contribution < 1.29 is 4.79 Å². The van der Waals surface area contributed by atoms with Gasteiger partial charge in [0.2, 0.25) is 5.91 Å². The number of nitrogens with zero attached hydrogens (tertiary/aromatic N) is 1. The van der Waals surface area contributed by atoms with Gasteiger partial charge in [-0.3, -0.25) is 4.79 Å². The summed E-state index contributed by atoms with van der Waals surface area (Å²) < 4.78 is 0. The van der Waals surface area contributed by atoms with E-state index < -0.39 is 0 Å². The van der Waals surface area contributed by atoms with Gasteiger partial charge >= 0.3 is 0 Å². The average Bonchev–Trinajstić information content (AvgIpc) is 2.86. The normalized spacial score (nSPS) is 21.4. The van der Waals surface area contributed by atoms with E-state index in [1.54, 1.807) is 11.3 Å². The summed E-state index contributed by atoms with van der Waals surface area (Å²) in [6, 6.07) is 0.211. The zero-order valence-corrected chi connectivity index (χ0v) is 13.4. The molecule has 19 heavy (non-hydrogen) atoms. The SMILES string of the molecule is Cc1csc(CNC(=O)C[C@@H]2CCC[C@H]2N)n1.Cl.Cl. The summed E-state index contributed by atoms with van der Waals surface area (Å²) in [5.74, 6) is 0.466. The first-order valence-electron chi connectivity index (χ1n) is 6.08. The van der Waals surface area contributed by atoms with Crippen molar-refractivity contribution in [3.8, 4) is 0 Å². The first kappa shape index (κ1) is 18.6. The zero-order valence-electron chi connectivity index (χ0n) is 10.9. The molecule has 0 bridgehead atoms. The lowest BCUT2D eigenvalue weighted by molar-refractivity contribution is -0.122. The topological polar surface area (TPSA) is 68.0 Å². The molecule has 1 aromatic rings. The van der Waals surface area contributed by atoms with E-state index in [9.17, 15) is 4.79 Å². The quantitative estimate of drug-likeness (QED) is 0.893. The Hall–Kier alpha value is -0.360. The number of hydrogen-bond acceptors (Lipinski definition) is 4. The van der Waals surface area contributed by atoms with E-state index in [2.05, 4.69) is 10.3 Å². The predicted molar refractivity (Wildman–Crippen MR) is 83.1 cm³/mol. The van der Waals surface area contributed by atoms with E-state index in [0.29, 0.717) is 18.9 Å². The minimum Gasteiger partial charge on any atom is -0.350 e. The number of hydrogen-bond donors (Lipinski definition) is 2. The predicted octanol–water partition coefficient (Wildman–Crippen LogP) is 2.43. The van der Waals surface area contributed by atoms with Crippen LogP contribution in [-0.4, -0.2) is 16.9 Å². The number of amides is 1. The molecule has 7 heteroatoms. The van der Waals surface area contributed by atoms with Crippen LogP contribution < -0.4 is 11.1 Å². The molecule has 2 rings (SSSR count). The molecule has 0 aromatic carbocycles. The fourth-order valence-corrected chi connectivity index (χ4v) is 3.00. The molecular formula is C12H21Cl2N3OS. The molecule has 0 unspecified atom stereocenters. The number of aryl methyl sites for hydroxylation is 1. The summed E-state index contributed by atoms with van der Waals surface area (Å²) in [6.07, 6.45) is 3.87. The van der Waals surface area contributed by atoms with E-state index in [0.717, 1.165) is 30.0 Å². The third-order valence-corrected chi connectivity index (χ3v) is 4.24.